The molecule has 0 spiro atoms. The first-order valence-electron chi connectivity index (χ1n) is 15.0. The Bertz CT molecular complexity index is 1520. The number of nitrogens with two attached hydrogens (primary N) is 1. The Labute approximate surface area is 267 Å². The number of hydrogen-bond acceptors (Lipinski definition) is 6. The topological polar surface area (TPSA) is 67.6 Å². The van der Waals surface area contributed by atoms with Crippen molar-refractivity contribution in [1.82, 2.24) is 9.62 Å². The minimum absolute atomic E-state index is 0.233. The summed E-state index contributed by atoms with van der Waals surface area (Å²) in [7, 11) is 2.10. The van der Waals surface area contributed by atoms with E-state index >= 15 is 8.78 Å². The second kappa shape index (κ2) is 14.8. The molecule has 232 valence electrons. The Morgan fingerprint density at radius 1 is 0.955 bits per heavy atom. The lowest BCUT2D eigenvalue weighted by molar-refractivity contribution is -0.119. The maximum absolute atomic E-state index is 15.2. The van der Waals surface area contributed by atoms with Crippen molar-refractivity contribution in [3.05, 3.63) is 95.5 Å². The Hall–Kier alpha value is -3.01. The van der Waals surface area contributed by atoms with Crippen molar-refractivity contribution in [3.8, 4) is 16.9 Å². The quantitative estimate of drug-likeness (QED) is 0.143. The van der Waals surface area contributed by atoms with E-state index in [1.165, 1.54) is 37.9 Å². The fourth-order valence-electron chi connectivity index (χ4n) is 5.53. The van der Waals surface area contributed by atoms with Crippen LogP contribution in [0.3, 0.4) is 0 Å². The Kier molecular flexibility index (Phi) is 10.9. The highest BCUT2D eigenvalue weighted by Gasteiger charge is 2.41. The van der Waals surface area contributed by atoms with E-state index in [2.05, 4.69) is 16.7 Å². The maximum Gasteiger partial charge on any atom is 0.295 e. The summed E-state index contributed by atoms with van der Waals surface area (Å²) in [6, 6.07) is 23.5. The Morgan fingerprint density at radius 2 is 1.59 bits per heavy atom. The third-order valence-electron chi connectivity index (χ3n) is 8.09. The number of likely N-dealkylation sites (tertiary alicyclic amines) is 1. The van der Waals surface area contributed by atoms with Crippen LogP contribution in [-0.4, -0.2) is 49.5 Å². The predicted octanol–water partition coefficient (Wildman–Crippen LogP) is 8.09. The van der Waals surface area contributed by atoms with Crippen LogP contribution >= 0.6 is 23.5 Å². The normalized spacial score (nSPS) is 18.2. The van der Waals surface area contributed by atoms with E-state index in [1.54, 1.807) is 24.3 Å². The molecular weight excluding hydrogens is 600 g/mol. The fourth-order valence-corrected chi connectivity index (χ4v) is 6.45. The molecule has 2 aliphatic rings. The first-order chi connectivity index (χ1) is 21.2. The number of nitrogens with zero attached hydrogens (tertiary/aromatic N) is 1. The van der Waals surface area contributed by atoms with E-state index in [4.69, 9.17) is 22.1 Å². The third kappa shape index (κ3) is 8.37. The van der Waals surface area contributed by atoms with Crippen molar-refractivity contribution in [2.75, 3.05) is 20.1 Å². The molecule has 3 N–H and O–H groups in total. The van der Waals surface area contributed by atoms with Gasteiger partial charge >= 0.3 is 0 Å². The molecule has 0 bridgehead atoms. The standard InChI is InChI=1S/C30H26ClF2NO2S.C5H12N2/c31-25-13-7-21(8-14-25)20-5-11-24(12-6-20)30(32,33)29(19-35)34-37-28-16-10-22-17-27(15-9-23(22)18-28)36-26-3-1-2-4-26;1-7-3-2-5(6)4-7/h5-19,26,29,34H,1-4H2;5H,2-4,6H2,1H3. The minimum atomic E-state index is -3.39. The van der Waals surface area contributed by atoms with Crippen LogP contribution in [0.15, 0.2) is 89.8 Å². The van der Waals surface area contributed by atoms with Gasteiger partial charge in [0.15, 0.2) is 0 Å². The number of likely N-dealkylation sites (N-methyl/N-ethyl adjacent to an activating group) is 1. The summed E-state index contributed by atoms with van der Waals surface area (Å²) >= 11 is 6.94. The molecule has 5 nitrogen and oxygen atoms in total. The molecule has 1 aliphatic heterocycles. The van der Waals surface area contributed by atoms with Crippen LogP contribution in [0, 0.1) is 0 Å². The molecule has 2 fully saturated rings. The van der Waals surface area contributed by atoms with Crippen LogP contribution in [0.4, 0.5) is 8.78 Å². The average molecular weight is 638 g/mol. The number of halogens is 3. The van der Waals surface area contributed by atoms with Crippen molar-refractivity contribution >= 4 is 40.6 Å². The summed E-state index contributed by atoms with van der Waals surface area (Å²) < 4.78 is 39.2. The zero-order valence-electron chi connectivity index (χ0n) is 24.7. The third-order valence-corrected chi connectivity index (χ3v) is 9.21. The van der Waals surface area contributed by atoms with Gasteiger partial charge in [-0.2, -0.15) is 8.78 Å². The second-order valence-corrected chi connectivity index (χ2v) is 12.9. The largest absolute Gasteiger partial charge is 0.490 e. The minimum Gasteiger partial charge on any atom is -0.490 e. The van der Waals surface area contributed by atoms with Gasteiger partial charge in [-0.3, -0.25) is 0 Å². The first kappa shape index (κ1) is 32.4. The molecule has 0 aromatic heterocycles. The number of aldehydes is 1. The number of carbonyl (C=O) groups excluding carboxylic acids is 1. The average Bonchev–Trinajstić information content (AvgIpc) is 3.68. The molecule has 1 saturated carbocycles. The van der Waals surface area contributed by atoms with Crippen LogP contribution in [-0.2, 0) is 10.7 Å². The summed E-state index contributed by atoms with van der Waals surface area (Å²) in [6.45, 7) is 2.27. The molecule has 9 heteroatoms. The van der Waals surface area contributed by atoms with E-state index in [1.807, 2.05) is 48.5 Å². The SMILES string of the molecule is CN1CCC(N)C1.O=CC(NSc1ccc2cc(OC3CCCC3)ccc2c1)C(F)(F)c1ccc(-c2ccc(Cl)cc2)cc1. The van der Waals surface area contributed by atoms with Crippen molar-refractivity contribution < 1.29 is 18.3 Å². The second-order valence-electron chi connectivity index (χ2n) is 11.5. The number of carbonyl (C=O) groups is 1. The molecule has 1 aliphatic carbocycles. The smallest absolute Gasteiger partial charge is 0.295 e. The van der Waals surface area contributed by atoms with Crippen LogP contribution in [0.2, 0.25) is 5.02 Å². The molecule has 0 amide bonds. The first-order valence-corrected chi connectivity index (χ1v) is 16.2. The lowest BCUT2D eigenvalue weighted by Gasteiger charge is -2.24. The highest BCUT2D eigenvalue weighted by Crippen LogP contribution is 2.35. The van der Waals surface area contributed by atoms with Gasteiger partial charge in [0.05, 0.1) is 6.10 Å². The molecule has 6 rings (SSSR count). The lowest BCUT2D eigenvalue weighted by Crippen LogP contribution is -2.41. The van der Waals surface area contributed by atoms with Crippen molar-refractivity contribution in [3.63, 3.8) is 0 Å². The van der Waals surface area contributed by atoms with E-state index in [0.717, 1.165) is 63.9 Å². The van der Waals surface area contributed by atoms with Crippen molar-refractivity contribution in [1.29, 1.82) is 0 Å². The van der Waals surface area contributed by atoms with E-state index in [-0.39, 0.29) is 18.0 Å². The van der Waals surface area contributed by atoms with Gasteiger partial charge in [0.25, 0.3) is 5.92 Å². The molecule has 4 aromatic carbocycles. The van der Waals surface area contributed by atoms with Crippen molar-refractivity contribution in [2.24, 2.45) is 5.73 Å². The summed E-state index contributed by atoms with van der Waals surface area (Å²) in [5, 5.41) is 2.59. The van der Waals surface area contributed by atoms with Gasteiger partial charge in [0.2, 0.25) is 0 Å². The highest BCUT2D eigenvalue weighted by atomic mass is 35.5. The predicted molar refractivity (Wildman–Crippen MR) is 177 cm³/mol. The number of hydrogen-bond donors (Lipinski definition) is 2. The van der Waals surface area contributed by atoms with Gasteiger partial charge in [0, 0.05) is 28.1 Å². The fraction of sp³-hybridized carbons (Fsp3) is 0.343. The molecule has 2 atom stereocenters. The molecule has 44 heavy (non-hydrogen) atoms. The molecule has 1 saturated heterocycles. The summed E-state index contributed by atoms with van der Waals surface area (Å²) in [4.78, 5) is 14.7. The molecular formula is C35H38ClF2N3O2S. The maximum atomic E-state index is 15.2. The van der Waals surface area contributed by atoms with Crippen LogP contribution in [0.5, 0.6) is 5.75 Å². The molecule has 1 heterocycles. The van der Waals surface area contributed by atoms with Gasteiger partial charge in [-0.25, -0.2) is 4.72 Å². The van der Waals surface area contributed by atoms with Gasteiger partial charge < -0.3 is 20.2 Å². The van der Waals surface area contributed by atoms with Crippen LogP contribution in [0.1, 0.15) is 37.7 Å². The van der Waals surface area contributed by atoms with E-state index < -0.39 is 12.0 Å². The Morgan fingerprint density at radius 3 is 2.18 bits per heavy atom. The van der Waals surface area contributed by atoms with Gasteiger partial charge in [-0.1, -0.05) is 60.1 Å². The lowest BCUT2D eigenvalue weighted by atomic mass is 9.98. The molecule has 0 radical (unpaired) electrons. The number of alkyl halides is 2. The van der Waals surface area contributed by atoms with E-state index in [0.29, 0.717) is 11.1 Å². The van der Waals surface area contributed by atoms with E-state index in [9.17, 15) is 4.79 Å². The number of fused-ring (bicyclic) bond motifs is 1. The number of rotatable bonds is 9. The summed E-state index contributed by atoms with van der Waals surface area (Å²) in [5.41, 5.74) is 7.01. The zero-order chi connectivity index (χ0) is 31.1. The number of ether oxygens (including phenoxy) is 1. The summed E-state index contributed by atoms with van der Waals surface area (Å²) in [6.07, 6.45) is 6.32. The van der Waals surface area contributed by atoms with Crippen molar-refractivity contribution in [2.45, 2.75) is 61.1 Å². The number of benzene rings is 4. The molecule has 4 aromatic rings. The van der Waals surface area contributed by atoms with Crippen LogP contribution in [0.25, 0.3) is 21.9 Å². The summed E-state index contributed by atoms with van der Waals surface area (Å²) in [5.74, 6) is -2.54. The highest BCUT2D eigenvalue weighted by molar-refractivity contribution is 7.97. The van der Waals surface area contributed by atoms with Crippen LogP contribution < -0.4 is 15.2 Å². The number of nitrogens with one attached hydrogen (secondary N) is 1. The zero-order valence-corrected chi connectivity index (χ0v) is 26.3. The van der Waals surface area contributed by atoms with Gasteiger partial charge in [-0.05, 0) is 116 Å². The van der Waals surface area contributed by atoms with Gasteiger partial charge in [0.1, 0.15) is 18.1 Å². The Balaban J connectivity index is 0.000000484. The monoisotopic (exact) mass is 637 g/mol. The van der Waals surface area contributed by atoms with Gasteiger partial charge in [-0.15, -0.1) is 0 Å². The molecule has 2 unspecified atom stereocenters.